The van der Waals surface area contributed by atoms with Gasteiger partial charge in [0.05, 0.1) is 24.8 Å². The second-order valence-corrected chi connectivity index (χ2v) is 8.28. The highest BCUT2D eigenvalue weighted by molar-refractivity contribution is 8.13. The van der Waals surface area contributed by atoms with Gasteiger partial charge in [-0.15, -0.1) is 0 Å². The van der Waals surface area contributed by atoms with E-state index >= 15 is 0 Å². The molecule has 0 bridgehead atoms. The van der Waals surface area contributed by atoms with Gasteiger partial charge in [-0.1, -0.05) is 26.7 Å². The van der Waals surface area contributed by atoms with Gasteiger partial charge in [0.2, 0.25) is 9.05 Å². The number of ether oxygens (including phenoxy) is 1. The average molecular weight is 337 g/mol. The molecule has 1 aromatic heterocycles. The summed E-state index contributed by atoms with van der Waals surface area (Å²) in [7, 11) is 1.94. The molecular weight excluding hydrogens is 312 g/mol. The van der Waals surface area contributed by atoms with Gasteiger partial charge >= 0.3 is 0 Å². The molecular formula is C14H25ClN2O3S. The third kappa shape index (κ3) is 6.26. The summed E-state index contributed by atoms with van der Waals surface area (Å²) in [6.07, 6.45) is 6.80. The SMILES string of the molecule is CCCC(CCC)(COc1cnn(CC)c1)CS(=O)(=O)Cl. The summed E-state index contributed by atoms with van der Waals surface area (Å²) < 4.78 is 30.7. The van der Waals surface area contributed by atoms with E-state index in [9.17, 15) is 8.42 Å². The Balaban J connectivity index is 2.83. The summed E-state index contributed by atoms with van der Waals surface area (Å²) in [6.45, 7) is 7.20. The largest absolute Gasteiger partial charge is 0.490 e. The minimum absolute atomic E-state index is 0.0504. The zero-order valence-electron chi connectivity index (χ0n) is 13.0. The number of hydrogen-bond donors (Lipinski definition) is 0. The Bertz CT molecular complexity index is 522. The molecule has 0 fully saturated rings. The summed E-state index contributed by atoms with van der Waals surface area (Å²) in [5, 5.41) is 4.15. The third-order valence-electron chi connectivity index (χ3n) is 3.52. The van der Waals surface area contributed by atoms with E-state index in [-0.39, 0.29) is 5.75 Å². The second-order valence-electron chi connectivity index (χ2n) is 5.50. The Kier molecular flexibility index (Phi) is 7.00. The monoisotopic (exact) mass is 336 g/mol. The van der Waals surface area contributed by atoms with E-state index in [1.165, 1.54) is 0 Å². The van der Waals surface area contributed by atoms with Crippen LogP contribution in [0.1, 0.15) is 46.5 Å². The van der Waals surface area contributed by atoms with Gasteiger partial charge in [-0.3, -0.25) is 4.68 Å². The van der Waals surface area contributed by atoms with Crippen LogP contribution < -0.4 is 4.74 Å². The second kappa shape index (κ2) is 8.03. The number of aromatic nitrogens is 2. The summed E-state index contributed by atoms with van der Waals surface area (Å²) in [5.41, 5.74) is -0.432. The molecule has 0 spiro atoms. The standard InChI is InChI=1S/C14H25ClN2O3S/c1-4-7-14(8-5-2,12-21(15,18)19)11-20-13-9-16-17(6-3)10-13/h9-10H,4-8,11-12H2,1-3H3. The molecule has 0 atom stereocenters. The van der Waals surface area contributed by atoms with Crippen LogP contribution >= 0.6 is 10.7 Å². The van der Waals surface area contributed by atoms with E-state index in [0.717, 1.165) is 32.2 Å². The lowest BCUT2D eigenvalue weighted by Crippen LogP contribution is -2.35. The minimum Gasteiger partial charge on any atom is -0.490 e. The van der Waals surface area contributed by atoms with Crippen LogP contribution in [-0.2, 0) is 15.6 Å². The van der Waals surface area contributed by atoms with Crippen molar-refractivity contribution in [1.29, 1.82) is 0 Å². The van der Waals surface area contributed by atoms with Crippen LogP contribution in [0.2, 0.25) is 0 Å². The highest BCUT2D eigenvalue weighted by Gasteiger charge is 2.34. The fourth-order valence-electron chi connectivity index (χ4n) is 2.71. The average Bonchev–Trinajstić information content (AvgIpc) is 2.83. The van der Waals surface area contributed by atoms with Crippen LogP contribution in [0.25, 0.3) is 0 Å². The van der Waals surface area contributed by atoms with Gasteiger partial charge < -0.3 is 4.74 Å². The van der Waals surface area contributed by atoms with Gasteiger partial charge in [0.25, 0.3) is 0 Å². The molecule has 0 aliphatic heterocycles. The maximum absolute atomic E-state index is 11.6. The van der Waals surface area contributed by atoms with Crippen molar-refractivity contribution in [3.8, 4) is 5.75 Å². The van der Waals surface area contributed by atoms with E-state index in [1.807, 2.05) is 27.0 Å². The molecule has 0 unspecified atom stereocenters. The lowest BCUT2D eigenvalue weighted by molar-refractivity contribution is 0.141. The van der Waals surface area contributed by atoms with Gasteiger partial charge in [0, 0.05) is 22.6 Å². The molecule has 1 aromatic rings. The summed E-state index contributed by atoms with van der Waals surface area (Å²) >= 11 is 0. The highest BCUT2D eigenvalue weighted by atomic mass is 35.7. The molecule has 0 saturated carbocycles. The van der Waals surface area contributed by atoms with E-state index in [4.69, 9.17) is 15.4 Å². The van der Waals surface area contributed by atoms with Crippen molar-refractivity contribution < 1.29 is 13.2 Å². The molecule has 1 heterocycles. The molecule has 0 radical (unpaired) electrons. The van der Waals surface area contributed by atoms with E-state index in [0.29, 0.717) is 12.4 Å². The van der Waals surface area contributed by atoms with E-state index < -0.39 is 14.5 Å². The van der Waals surface area contributed by atoms with Crippen molar-refractivity contribution in [3.05, 3.63) is 12.4 Å². The van der Waals surface area contributed by atoms with Crippen LogP contribution in [0.3, 0.4) is 0 Å². The molecule has 7 heteroatoms. The molecule has 0 amide bonds. The predicted molar refractivity (Wildman–Crippen MR) is 85.3 cm³/mol. The molecule has 0 N–H and O–H groups in total. The fraction of sp³-hybridized carbons (Fsp3) is 0.786. The Morgan fingerprint density at radius 3 is 2.33 bits per heavy atom. The first-order valence-electron chi connectivity index (χ1n) is 7.41. The minimum atomic E-state index is -3.56. The zero-order chi connectivity index (χ0) is 15.9. The van der Waals surface area contributed by atoms with Crippen molar-refractivity contribution in [2.75, 3.05) is 12.4 Å². The summed E-state index contributed by atoms with van der Waals surface area (Å²) in [6, 6.07) is 0. The van der Waals surface area contributed by atoms with Gasteiger partial charge in [0.15, 0.2) is 5.75 Å². The highest BCUT2D eigenvalue weighted by Crippen LogP contribution is 2.33. The fourth-order valence-corrected chi connectivity index (χ4v) is 4.51. The Hall–Kier alpha value is -0.750. The smallest absolute Gasteiger partial charge is 0.233 e. The summed E-state index contributed by atoms with van der Waals surface area (Å²) in [4.78, 5) is 0. The lowest BCUT2D eigenvalue weighted by atomic mass is 9.82. The van der Waals surface area contributed by atoms with E-state index in [1.54, 1.807) is 10.9 Å². The maximum atomic E-state index is 11.6. The van der Waals surface area contributed by atoms with Gasteiger partial charge in [0.1, 0.15) is 0 Å². The van der Waals surface area contributed by atoms with E-state index in [2.05, 4.69) is 5.10 Å². The number of halogens is 1. The predicted octanol–water partition coefficient (Wildman–Crippen LogP) is 3.44. The van der Waals surface area contributed by atoms with Crippen molar-refractivity contribution in [2.45, 2.75) is 53.0 Å². The Labute approximate surface area is 132 Å². The van der Waals surface area contributed by atoms with Crippen LogP contribution in [-0.4, -0.2) is 30.6 Å². The first-order chi connectivity index (χ1) is 9.84. The quantitative estimate of drug-likeness (QED) is 0.614. The lowest BCUT2D eigenvalue weighted by Gasteiger charge is -2.31. The molecule has 5 nitrogen and oxygen atoms in total. The third-order valence-corrected chi connectivity index (χ3v) is 4.80. The number of rotatable bonds is 10. The first-order valence-corrected chi connectivity index (χ1v) is 9.89. The maximum Gasteiger partial charge on any atom is 0.233 e. The van der Waals surface area contributed by atoms with Crippen molar-refractivity contribution in [1.82, 2.24) is 9.78 Å². The zero-order valence-corrected chi connectivity index (χ0v) is 14.6. The van der Waals surface area contributed by atoms with Gasteiger partial charge in [-0.2, -0.15) is 5.10 Å². The van der Waals surface area contributed by atoms with Crippen LogP contribution in [0.15, 0.2) is 12.4 Å². The van der Waals surface area contributed by atoms with Gasteiger partial charge in [-0.05, 0) is 19.8 Å². The number of nitrogens with zero attached hydrogens (tertiary/aromatic N) is 2. The van der Waals surface area contributed by atoms with Crippen LogP contribution in [0, 0.1) is 5.41 Å². The first kappa shape index (κ1) is 18.3. The van der Waals surface area contributed by atoms with Crippen LogP contribution in [0.4, 0.5) is 0 Å². The topological polar surface area (TPSA) is 61.2 Å². The number of aryl methyl sites for hydroxylation is 1. The van der Waals surface area contributed by atoms with Crippen molar-refractivity contribution in [2.24, 2.45) is 5.41 Å². The normalized spacial score (nSPS) is 12.6. The molecule has 21 heavy (non-hydrogen) atoms. The molecule has 122 valence electrons. The molecule has 1 rings (SSSR count). The van der Waals surface area contributed by atoms with Crippen molar-refractivity contribution in [3.63, 3.8) is 0 Å². The summed E-state index contributed by atoms with van der Waals surface area (Å²) in [5.74, 6) is 0.617. The van der Waals surface area contributed by atoms with Gasteiger partial charge in [-0.25, -0.2) is 8.42 Å². The van der Waals surface area contributed by atoms with Crippen LogP contribution in [0.5, 0.6) is 5.75 Å². The van der Waals surface area contributed by atoms with Crippen molar-refractivity contribution >= 4 is 19.7 Å². The molecule has 0 aliphatic carbocycles. The Morgan fingerprint density at radius 1 is 1.29 bits per heavy atom. The molecule has 0 aliphatic rings. The molecule has 0 saturated heterocycles. The molecule has 0 aromatic carbocycles. The Morgan fingerprint density at radius 2 is 1.90 bits per heavy atom. The number of hydrogen-bond acceptors (Lipinski definition) is 4.